The van der Waals surface area contributed by atoms with Crippen molar-refractivity contribution in [2.45, 2.75) is 32.9 Å². The van der Waals surface area contributed by atoms with Crippen LogP contribution < -0.4 is 5.73 Å². The lowest BCUT2D eigenvalue weighted by Gasteiger charge is -2.28. The second kappa shape index (κ2) is 8.81. The van der Waals surface area contributed by atoms with E-state index in [2.05, 4.69) is 49.1 Å². The van der Waals surface area contributed by atoms with Crippen molar-refractivity contribution in [3.05, 3.63) is 48.0 Å². The van der Waals surface area contributed by atoms with Gasteiger partial charge in [-0.2, -0.15) is 0 Å². The molecular formula is C20H28N2O2. The van der Waals surface area contributed by atoms with Crippen molar-refractivity contribution in [3.8, 4) is 0 Å². The number of carbonyl (C=O) groups is 1. The van der Waals surface area contributed by atoms with Crippen LogP contribution in [0.2, 0.25) is 0 Å². The summed E-state index contributed by atoms with van der Waals surface area (Å²) in [4.78, 5) is 13.9. The first-order chi connectivity index (χ1) is 11.5. The standard InChI is InChI=1S/C20H28N2O2/c1-4-15(2)19(21)13-22(14-20(23)24-3)12-17-10-7-9-16-8-5-6-11-18(16)17/h5-11,15,19H,4,12-14,21H2,1-3H3/t15-,19+/m0/s1. The van der Waals surface area contributed by atoms with Crippen LogP contribution in [0.1, 0.15) is 25.8 Å². The molecule has 0 unspecified atom stereocenters. The quantitative estimate of drug-likeness (QED) is 0.756. The van der Waals surface area contributed by atoms with E-state index < -0.39 is 0 Å². The lowest BCUT2D eigenvalue weighted by Crippen LogP contribution is -2.43. The Bertz CT molecular complexity index is 666. The Morgan fingerprint density at radius 2 is 1.92 bits per heavy atom. The van der Waals surface area contributed by atoms with Gasteiger partial charge in [0.15, 0.2) is 0 Å². The monoisotopic (exact) mass is 328 g/mol. The number of hydrogen-bond donors (Lipinski definition) is 1. The number of nitrogens with two attached hydrogens (primary N) is 1. The molecule has 0 aliphatic rings. The van der Waals surface area contributed by atoms with Crippen molar-refractivity contribution in [3.63, 3.8) is 0 Å². The molecule has 2 rings (SSSR count). The van der Waals surface area contributed by atoms with Crippen LogP contribution in [-0.2, 0) is 16.1 Å². The highest BCUT2D eigenvalue weighted by Gasteiger charge is 2.19. The van der Waals surface area contributed by atoms with Gasteiger partial charge in [-0.3, -0.25) is 9.69 Å². The highest BCUT2D eigenvalue weighted by Crippen LogP contribution is 2.20. The number of hydrogen-bond acceptors (Lipinski definition) is 4. The third-order valence-electron chi connectivity index (χ3n) is 4.70. The van der Waals surface area contributed by atoms with E-state index in [1.54, 1.807) is 0 Å². The first kappa shape index (κ1) is 18.4. The second-order valence-electron chi connectivity index (χ2n) is 6.43. The van der Waals surface area contributed by atoms with Gasteiger partial charge in [0.1, 0.15) is 0 Å². The van der Waals surface area contributed by atoms with Gasteiger partial charge in [-0.25, -0.2) is 0 Å². The van der Waals surface area contributed by atoms with E-state index in [4.69, 9.17) is 10.5 Å². The number of nitrogens with zero attached hydrogens (tertiary/aromatic N) is 1. The van der Waals surface area contributed by atoms with Crippen LogP contribution in [-0.4, -0.2) is 37.1 Å². The van der Waals surface area contributed by atoms with Gasteiger partial charge in [-0.15, -0.1) is 0 Å². The highest BCUT2D eigenvalue weighted by molar-refractivity contribution is 5.85. The van der Waals surface area contributed by atoms with Gasteiger partial charge in [0.2, 0.25) is 0 Å². The summed E-state index contributed by atoms with van der Waals surface area (Å²) in [6.07, 6.45) is 1.03. The zero-order valence-electron chi connectivity index (χ0n) is 14.9. The molecule has 0 aliphatic heterocycles. The van der Waals surface area contributed by atoms with E-state index in [0.29, 0.717) is 19.0 Å². The fraction of sp³-hybridized carbons (Fsp3) is 0.450. The van der Waals surface area contributed by atoms with Crippen LogP contribution in [0.15, 0.2) is 42.5 Å². The van der Waals surface area contributed by atoms with E-state index in [1.165, 1.54) is 23.4 Å². The van der Waals surface area contributed by atoms with Crippen LogP contribution >= 0.6 is 0 Å². The summed E-state index contributed by atoms with van der Waals surface area (Å²) >= 11 is 0. The third-order valence-corrected chi connectivity index (χ3v) is 4.70. The van der Waals surface area contributed by atoms with Gasteiger partial charge in [-0.05, 0) is 22.3 Å². The fourth-order valence-corrected chi connectivity index (χ4v) is 2.88. The van der Waals surface area contributed by atoms with E-state index in [1.807, 2.05) is 12.1 Å². The van der Waals surface area contributed by atoms with Gasteiger partial charge in [-0.1, -0.05) is 62.7 Å². The fourth-order valence-electron chi connectivity index (χ4n) is 2.88. The van der Waals surface area contributed by atoms with Crippen LogP contribution in [0.3, 0.4) is 0 Å². The molecule has 24 heavy (non-hydrogen) atoms. The maximum absolute atomic E-state index is 11.8. The molecule has 0 aliphatic carbocycles. The Balaban J connectivity index is 2.21. The number of benzene rings is 2. The SMILES string of the molecule is CC[C@H](C)[C@H](N)CN(CC(=O)OC)Cc1cccc2ccccc12. The molecule has 2 atom stereocenters. The first-order valence-electron chi connectivity index (χ1n) is 8.56. The average molecular weight is 328 g/mol. The predicted molar refractivity (Wildman–Crippen MR) is 98.7 cm³/mol. The topological polar surface area (TPSA) is 55.6 Å². The Hall–Kier alpha value is -1.91. The summed E-state index contributed by atoms with van der Waals surface area (Å²) in [5.41, 5.74) is 7.52. The molecule has 4 nitrogen and oxygen atoms in total. The molecule has 0 saturated carbocycles. The van der Waals surface area contributed by atoms with E-state index in [0.717, 1.165) is 6.42 Å². The molecule has 130 valence electrons. The zero-order chi connectivity index (χ0) is 17.5. The Kier molecular flexibility index (Phi) is 6.76. The Morgan fingerprint density at radius 3 is 2.62 bits per heavy atom. The maximum atomic E-state index is 11.8. The van der Waals surface area contributed by atoms with Crippen molar-refractivity contribution < 1.29 is 9.53 Å². The summed E-state index contributed by atoms with van der Waals surface area (Å²) in [5, 5.41) is 2.42. The minimum atomic E-state index is -0.230. The Labute approximate surface area is 144 Å². The van der Waals surface area contributed by atoms with Gasteiger partial charge in [0.25, 0.3) is 0 Å². The van der Waals surface area contributed by atoms with Crippen molar-refractivity contribution >= 4 is 16.7 Å². The molecule has 0 amide bonds. The maximum Gasteiger partial charge on any atom is 0.319 e. The molecule has 2 aromatic rings. The van der Waals surface area contributed by atoms with Crippen molar-refractivity contribution in [1.82, 2.24) is 4.90 Å². The molecule has 2 aromatic carbocycles. The van der Waals surface area contributed by atoms with Gasteiger partial charge in [0, 0.05) is 19.1 Å². The molecule has 2 N–H and O–H groups in total. The van der Waals surface area contributed by atoms with E-state index >= 15 is 0 Å². The normalized spacial score (nSPS) is 13.9. The molecule has 0 spiro atoms. The number of ether oxygens (including phenoxy) is 1. The van der Waals surface area contributed by atoms with Crippen LogP contribution in [0, 0.1) is 5.92 Å². The van der Waals surface area contributed by atoms with E-state index in [-0.39, 0.29) is 18.6 Å². The lowest BCUT2D eigenvalue weighted by molar-refractivity contribution is -0.142. The van der Waals surface area contributed by atoms with Crippen LogP contribution in [0.4, 0.5) is 0 Å². The molecule has 0 saturated heterocycles. The molecule has 0 radical (unpaired) electrons. The molecule has 0 bridgehead atoms. The highest BCUT2D eigenvalue weighted by atomic mass is 16.5. The summed E-state index contributed by atoms with van der Waals surface area (Å²) in [6, 6.07) is 14.6. The number of carbonyl (C=O) groups excluding carboxylic acids is 1. The first-order valence-corrected chi connectivity index (χ1v) is 8.56. The summed E-state index contributed by atoms with van der Waals surface area (Å²) in [6.45, 7) is 5.90. The lowest BCUT2D eigenvalue weighted by atomic mass is 9.99. The molecule has 0 aromatic heterocycles. The molecule has 4 heteroatoms. The molecular weight excluding hydrogens is 300 g/mol. The molecule has 0 fully saturated rings. The Morgan fingerprint density at radius 1 is 1.21 bits per heavy atom. The number of fused-ring (bicyclic) bond motifs is 1. The summed E-state index contributed by atoms with van der Waals surface area (Å²) in [5.74, 6) is 0.184. The van der Waals surface area contributed by atoms with Gasteiger partial charge >= 0.3 is 5.97 Å². The van der Waals surface area contributed by atoms with E-state index in [9.17, 15) is 4.79 Å². The van der Waals surface area contributed by atoms with Gasteiger partial charge in [0.05, 0.1) is 13.7 Å². The molecule has 0 heterocycles. The third kappa shape index (κ3) is 4.79. The predicted octanol–water partition coefficient (Wildman–Crippen LogP) is 3.19. The number of rotatable bonds is 8. The number of esters is 1. The minimum absolute atomic E-state index is 0.0367. The number of methoxy groups -OCH3 is 1. The van der Waals surface area contributed by atoms with Crippen molar-refractivity contribution in [2.75, 3.05) is 20.2 Å². The van der Waals surface area contributed by atoms with Gasteiger partial charge < -0.3 is 10.5 Å². The smallest absolute Gasteiger partial charge is 0.319 e. The van der Waals surface area contributed by atoms with Crippen molar-refractivity contribution in [2.24, 2.45) is 11.7 Å². The zero-order valence-corrected chi connectivity index (χ0v) is 14.9. The van der Waals surface area contributed by atoms with Crippen LogP contribution in [0.25, 0.3) is 10.8 Å². The average Bonchev–Trinajstić information content (AvgIpc) is 2.61. The largest absolute Gasteiger partial charge is 0.468 e. The van der Waals surface area contributed by atoms with Crippen LogP contribution in [0.5, 0.6) is 0 Å². The second-order valence-corrected chi connectivity index (χ2v) is 6.43. The summed E-state index contributed by atoms with van der Waals surface area (Å²) < 4.78 is 4.85. The van der Waals surface area contributed by atoms with Crippen molar-refractivity contribution in [1.29, 1.82) is 0 Å². The minimum Gasteiger partial charge on any atom is -0.468 e. The summed E-state index contributed by atoms with van der Waals surface area (Å²) in [7, 11) is 1.42.